The van der Waals surface area contributed by atoms with E-state index in [9.17, 15) is 13.2 Å². The molecule has 0 radical (unpaired) electrons. The van der Waals surface area contributed by atoms with Gasteiger partial charge in [0.1, 0.15) is 0 Å². The van der Waals surface area contributed by atoms with Crippen LogP contribution in [0.3, 0.4) is 0 Å². The summed E-state index contributed by atoms with van der Waals surface area (Å²) in [6.07, 6.45) is -4.35. The van der Waals surface area contributed by atoms with Crippen molar-refractivity contribution in [3.8, 4) is 0 Å². The zero-order valence-corrected chi connectivity index (χ0v) is 12.7. The van der Waals surface area contributed by atoms with Crippen molar-refractivity contribution < 1.29 is 13.2 Å². The van der Waals surface area contributed by atoms with Crippen LogP contribution in [0.25, 0.3) is 0 Å². The second-order valence-electron chi connectivity index (χ2n) is 3.73. The number of halogens is 4. The first-order valence-electron chi connectivity index (χ1n) is 5.19. The van der Waals surface area contributed by atoms with Crippen molar-refractivity contribution in [1.29, 1.82) is 0 Å². The molecule has 7 heteroatoms. The lowest BCUT2D eigenvalue weighted by Crippen LogP contribution is -2.05. The van der Waals surface area contributed by atoms with Gasteiger partial charge in [-0.2, -0.15) is 13.2 Å². The Bertz CT molecular complexity index is 581. The summed E-state index contributed by atoms with van der Waals surface area (Å²) in [7, 11) is 0. The third-order valence-corrected chi connectivity index (χ3v) is 5.61. The molecule has 2 rings (SSSR count). The van der Waals surface area contributed by atoms with Crippen LogP contribution in [-0.2, 0) is 11.9 Å². The Balaban J connectivity index is 2.12. The first kappa shape index (κ1) is 14.7. The lowest BCUT2D eigenvalue weighted by atomic mass is 10.2. The molecular formula is C12H9BrF3NS2. The van der Waals surface area contributed by atoms with Gasteiger partial charge < -0.3 is 5.73 Å². The van der Waals surface area contributed by atoms with E-state index in [1.54, 1.807) is 11.3 Å². The van der Waals surface area contributed by atoms with E-state index < -0.39 is 11.7 Å². The molecule has 0 fully saturated rings. The molecule has 0 saturated heterocycles. The van der Waals surface area contributed by atoms with Gasteiger partial charge in [0.25, 0.3) is 0 Å². The predicted octanol–water partition coefficient (Wildman–Crippen LogP) is 5.40. The highest BCUT2D eigenvalue weighted by Crippen LogP contribution is 2.36. The molecule has 0 amide bonds. The predicted molar refractivity (Wildman–Crippen MR) is 77.4 cm³/mol. The molecule has 1 heterocycles. The van der Waals surface area contributed by atoms with Crippen molar-refractivity contribution in [2.75, 3.05) is 5.73 Å². The maximum atomic E-state index is 12.5. The summed E-state index contributed by atoms with van der Waals surface area (Å²) >= 11 is 6.43. The van der Waals surface area contributed by atoms with Crippen molar-refractivity contribution in [2.45, 2.75) is 16.8 Å². The molecule has 0 unspecified atom stereocenters. The summed E-state index contributed by atoms with van der Waals surface area (Å²) in [6, 6.07) is 5.40. The van der Waals surface area contributed by atoms with Gasteiger partial charge in [-0.25, -0.2) is 0 Å². The molecule has 1 aromatic heterocycles. The molecule has 102 valence electrons. The number of rotatable bonds is 3. The Hall–Kier alpha value is -0.660. The summed E-state index contributed by atoms with van der Waals surface area (Å²) < 4.78 is 38.5. The van der Waals surface area contributed by atoms with E-state index >= 15 is 0 Å². The first-order chi connectivity index (χ1) is 8.88. The largest absolute Gasteiger partial charge is 0.416 e. The van der Waals surface area contributed by atoms with Crippen LogP contribution in [0.15, 0.2) is 39.0 Å². The minimum Gasteiger partial charge on any atom is -0.398 e. The number of hydrogen-bond donors (Lipinski definition) is 1. The summed E-state index contributed by atoms with van der Waals surface area (Å²) in [5, 5.41) is 1.95. The van der Waals surface area contributed by atoms with Gasteiger partial charge in [0.2, 0.25) is 0 Å². The number of thiophene rings is 1. The van der Waals surface area contributed by atoms with E-state index in [0.29, 0.717) is 10.6 Å². The van der Waals surface area contributed by atoms with Crippen LogP contribution < -0.4 is 5.73 Å². The monoisotopic (exact) mass is 367 g/mol. The first-order valence-corrected chi connectivity index (χ1v) is 7.85. The summed E-state index contributed by atoms with van der Waals surface area (Å²) in [5.41, 5.74) is 5.11. The minimum absolute atomic E-state index is 0.160. The van der Waals surface area contributed by atoms with Crippen LogP contribution in [0.2, 0.25) is 0 Å². The van der Waals surface area contributed by atoms with Crippen LogP contribution >= 0.6 is 39.0 Å². The number of hydrogen-bond acceptors (Lipinski definition) is 3. The van der Waals surface area contributed by atoms with Gasteiger partial charge in [0.15, 0.2) is 0 Å². The number of nitrogen functional groups attached to an aromatic ring is 1. The summed E-state index contributed by atoms with van der Waals surface area (Å²) in [6.45, 7) is 0. The molecule has 0 bridgehead atoms. The fourth-order valence-corrected chi connectivity index (χ4v) is 4.17. The van der Waals surface area contributed by atoms with E-state index in [-0.39, 0.29) is 5.69 Å². The van der Waals surface area contributed by atoms with Gasteiger partial charge in [-0.1, -0.05) is 0 Å². The molecule has 19 heavy (non-hydrogen) atoms. The third-order valence-electron chi connectivity index (χ3n) is 2.39. The normalized spacial score (nSPS) is 11.8. The molecule has 0 saturated carbocycles. The highest BCUT2D eigenvalue weighted by atomic mass is 79.9. The molecule has 0 atom stereocenters. The van der Waals surface area contributed by atoms with Crippen LogP contribution in [0, 0.1) is 0 Å². The van der Waals surface area contributed by atoms with E-state index in [1.165, 1.54) is 17.8 Å². The van der Waals surface area contributed by atoms with E-state index in [2.05, 4.69) is 15.9 Å². The van der Waals surface area contributed by atoms with Gasteiger partial charge in [-0.3, -0.25) is 0 Å². The van der Waals surface area contributed by atoms with E-state index in [4.69, 9.17) is 5.73 Å². The van der Waals surface area contributed by atoms with Crippen molar-refractivity contribution in [2.24, 2.45) is 0 Å². The second-order valence-corrected chi connectivity index (χ2v) is 6.60. The Morgan fingerprint density at radius 3 is 2.53 bits per heavy atom. The average Bonchev–Trinajstić information content (AvgIpc) is 2.72. The van der Waals surface area contributed by atoms with Crippen LogP contribution in [-0.4, -0.2) is 0 Å². The zero-order valence-electron chi connectivity index (χ0n) is 9.50. The van der Waals surface area contributed by atoms with Crippen molar-refractivity contribution in [3.05, 3.63) is 44.6 Å². The third kappa shape index (κ3) is 3.67. The summed E-state index contributed by atoms with van der Waals surface area (Å²) in [5.74, 6) is 0.674. The Kier molecular flexibility index (Phi) is 4.47. The maximum Gasteiger partial charge on any atom is 0.416 e. The van der Waals surface area contributed by atoms with Gasteiger partial charge in [0, 0.05) is 25.7 Å². The van der Waals surface area contributed by atoms with E-state index in [0.717, 1.165) is 21.5 Å². The lowest BCUT2D eigenvalue weighted by Gasteiger charge is -2.10. The fraction of sp³-hybridized carbons (Fsp3) is 0.167. The van der Waals surface area contributed by atoms with Crippen molar-refractivity contribution in [1.82, 2.24) is 0 Å². The minimum atomic E-state index is -4.35. The Morgan fingerprint density at radius 1 is 1.26 bits per heavy atom. The molecular weight excluding hydrogens is 359 g/mol. The molecule has 1 nitrogen and oxygen atoms in total. The molecule has 0 aliphatic carbocycles. The molecule has 2 N–H and O–H groups in total. The quantitative estimate of drug-likeness (QED) is 0.580. The second kappa shape index (κ2) is 5.76. The van der Waals surface area contributed by atoms with Gasteiger partial charge >= 0.3 is 6.18 Å². The molecule has 0 aliphatic rings. The zero-order chi connectivity index (χ0) is 14.0. The van der Waals surface area contributed by atoms with Crippen molar-refractivity contribution >= 4 is 44.7 Å². The number of thioether (sulfide) groups is 1. The van der Waals surface area contributed by atoms with Gasteiger partial charge in [-0.05, 0) is 45.6 Å². The fourth-order valence-electron chi connectivity index (χ4n) is 1.43. The topological polar surface area (TPSA) is 26.0 Å². The summed E-state index contributed by atoms with van der Waals surface area (Å²) in [4.78, 5) is 1.79. The Labute approximate surface area is 125 Å². The number of alkyl halides is 3. The number of anilines is 1. The number of benzene rings is 1. The van der Waals surface area contributed by atoms with E-state index in [1.807, 2.05) is 11.4 Å². The Morgan fingerprint density at radius 2 is 2.00 bits per heavy atom. The van der Waals surface area contributed by atoms with Crippen LogP contribution in [0.5, 0.6) is 0 Å². The number of nitrogens with two attached hydrogens (primary N) is 1. The lowest BCUT2D eigenvalue weighted by molar-refractivity contribution is -0.137. The van der Waals surface area contributed by atoms with Gasteiger partial charge in [0.05, 0.1) is 5.56 Å². The highest BCUT2D eigenvalue weighted by molar-refractivity contribution is 9.10. The molecule has 1 aromatic carbocycles. The van der Waals surface area contributed by atoms with Gasteiger partial charge in [-0.15, -0.1) is 23.1 Å². The molecule has 2 aromatic rings. The standard InChI is InChI=1S/C12H9BrF3NS2/c13-8-3-4-18-11(8)6-19-10-2-1-7(5-9(10)17)12(14,15)16/h1-5H,6,17H2. The highest BCUT2D eigenvalue weighted by Gasteiger charge is 2.30. The maximum absolute atomic E-state index is 12.5. The van der Waals surface area contributed by atoms with Crippen LogP contribution in [0.1, 0.15) is 10.4 Å². The van der Waals surface area contributed by atoms with Crippen LogP contribution in [0.4, 0.5) is 18.9 Å². The molecule has 0 spiro atoms. The molecule has 0 aliphatic heterocycles. The average molecular weight is 368 g/mol. The smallest absolute Gasteiger partial charge is 0.398 e. The SMILES string of the molecule is Nc1cc(C(F)(F)F)ccc1SCc1sccc1Br. The van der Waals surface area contributed by atoms with Crippen molar-refractivity contribution in [3.63, 3.8) is 0 Å².